The van der Waals surface area contributed by atoms with Gasteiger partial charge in [-0.25, -0.2) is 0 Å². The van der Waals surface area contributed by atoms with Crippen molar-refractivity contribution in [2.75, 3.05) is 20.3 Å². The first-order valence-electron chi connectivity index (χ1n) is 7.22. The minimum Gasteiger partial charge on any atom is -0.383 e. The van der Waals surface area contributed by atoms with Crippen LogP contribution in [0.2, 0.25) is 0 Å². The average Bonchev–Trinajstić information content (AvgIpc) is 2.89. The molecule has 0 spiro atoms. The highest BCUT2D eigenvalue weighted by Gasteiger charge is 2.31. The van der Waals surface area contributed by atoms with Crippen LogP contribution in [0, 0.1) is 6.92 Å². The lowest BCUT2D eigenvalue weighted by Crippen LogP contribution is -2.48. The fraction of sp³-hybridized carbons (Fsp3) is 0.562. The fourth-order valence-electron chi connectivity index (χ4n) is 2.80. The zero-order valence-electron chi connectivity index (χ0n) is 12.7. The summed E-state index contributed by atoms with van der Waals surface area (Å²) in [6, 6.07) is 8.25. The van der Waals surface area contributed by atoms with Gasteiger partial charge in [-0.05, 0) is 31.7 Å². The summed E-state index contributed by atoms with van der Waals surface area (Å²) in [6.45, 7) is 3.18. The highest BCUT2D eigenvalue weighted by molar-refractivity contribution is 5.85. The van der Waals surface area contributed by atoms with Crippen LogP contribution in [0.25, 0.3) is 0 Å². The number of ether oxygens (including phenoxy) is 1. The Morgan fingerprint density at radius 2 is 2.10 bits per heavy atom. The third-order valence-electron chi connectivity index (χ3n) is 3.92. The van der Waals surface area contributed by atoms with Crippen molar-refractivity contribution in [2.24, 2.45) is 5.73 Å². The van der Waals surface area contributed by atoms with Crippen molar-refractivity contribution in [3.8, 4) is 0 Å². The quantitative estimate of drug-likeness (QED) is 0.904. The number of aryl methyl sites for hydroxylation is 1. The molecule has 1 fully saturated rings. The van der Waals surface area contributed by atoms with Gasteiger partial charge in [-0.3, -0.25) is 4.79 Å². The van der Waals surface area contributed by atoms with E-state index in [4.69, 9.17) is 10.5 Å². The number of carbonyl (C=O) groups excluding carboxylic acids is 1. The molecule has 0 radical (unpaired) electrons. The van der Waals surface area contributed by atoms with Gasteiger partial charge in [0.1, 0.15) is 6.04 Å². The summed E-state index contributed by atoms with van der Waals surface area (Å²) in [5.74, 6) is 0.0152. The minimum atomic E-state index is -0.543. The molecule has 1 aromatic carbocycles. The SMILES string of the molecule is COCC(N)C(=O)N1CCCC1Cc1ccc(C)cc1.Cl. The Bertz CT molecular complexity index is 450. The highest BCUT2D eigenvalue weighted by atomic mass is 35.5. The van der Waals surface area contributed by atoms with E-state index in [9.17, 15) is 4.79 Å². The maximum absolute atomic E-state index is 12.3. The maximum Gasteiger partial charge on any atom is 0.242 e. The normalized spacial score (nSPS) is 19.2. The van der Waals surface area contributed by atoms with Gasteiger partial charge >= 0.3 is 0 Å². The van der Waals surface area contributed by atoms with Crippen molar-refractivity contribution in [3.63, 3.8) is 0 Å². The fourth-order valence-corrected chi connectivity index (χ4v) is 2.80. The molecule has 2 N–H and O–H groups in total. The smallest absolute Gasteiger partial charge is 0.242 e. The molecule has 1 heterocycles. The monoisotopic (exact) mass is 312 g/mol. The zero-order valence-corrected chi connectivity index (χ0v) is 13.6. The van der Waals surface area contributed by atoms with Crippen molar-refractivity contribution < 1.29 is 9.53 Å². The summed E-state index contributed by atoms with van der Waals surface area (Å²) in [4.78, 5) is 14.2. The molecular formula is C16H25ClN2O2. The van der Waals surface area contributed by atoms with E-state index in [1.54, 1.807) is 7.11 Å². The number of nitrogens with two attached hydrogens (primary N) is 1. The van der Waals surface area contributed by atoms with Crippen molar-refractivity contribution in [2.45, 2.75) is 38.3 Å². The van der Waals surface area contributed by atoms with Gasteiger partial charge in [0.25, 0.3) is 0 Å². The molecule has 2 rings (SSSR count). The maximum atomic E-state index is 12.3. The van der Waals surface area contributed by atoms with Gasteiger partial charge in [0, 0.05) is 19.7 Å². The number of hydrogen-bond acceptors (Lipinski definition) is 3. The van der Waals surface area contributed by atoms with Crippen LogP contribution in [0.5, 0.6) is 0 Å². The van der Waals surface area contributed by atoms with Crippen LogP contribution >= 0.6 is 12.4 Å². The topological polar surface area (TPSA) is 55.6 Å². The standard InChI is InChI=1S/C16H24N2O2.ClH/c1-12-5-7-13(8-6-12)10-14-4-3-9-18(14)16(19)15(17)11-20-2;/h5-8,14-15H,3-4,9-11,17H2,1-2H3;1H. The number of methoxy groups -OCH3 is 1. The Hall–Kier alpha value is -1.10. The van der Waals surface area contributed by atoms with Crippen LogP contribution in [0.1, 0.15) is 24.0 Å². The Morgan fingerprint density at radius 1 is 1.43 bits per heavy atom. The van der Waals surface area contributed by atoms with E-state index in [1.165, 1.54) is 11.1 Å². The predicted octanol–water partition coefficient (Wildman–Crippen LogP) is 1.92. The molecule has 21 heavy (non-hydrogen) atoms. The van der Waals surface area contributed by atoms with Crippen molar-refractivity contribution in [1.29, 1.82) is 0 Å². The summed E-state index contributed by atoms with van der Waals surface area (Å²) < 4.78 is 4.98. The van der Waals surface area contributed by atoms with Crippen molar-refractivity contribution >= 4 is 18.3 Å². The molecule has 1 saturated heterocycles. The molecule has 1 amide bonds. The van der Waals surface area contributed by atoms with Gasteiger partial charge < -0.3 is 15.4 Å². The van der Waals surface area contributed by atoms with Gasteiger partial charge in [0.2, 0.25) is 5.91 Å². The lowest BCUT2D eigenvalue weighted by molar-refractivity contribution is -0.134. The molecule has 0 aliphatic carbocycles. The van der Waals surface area contributed by atoms with E-state index in [2.05, 4.69) is 31.2 Å². The summed E-state index contributed by atoms with van der Waals surface area (Å²) in [5.41, 5.74) is 8.40. The number of nitrogens with zero attached hydrogens (tertiary/aromatic N) is 1. The molecule has 2 unspecified atom stereocenters. The minimum absolute atomic E-state index is 0. The zero-order chi connectivity index (χ0) is 14.5. The van der Waals surface area contributed by atoms with Gasteiger partial charge in [0.05, 0.1) is 6.61 Å². The first-order valence-corrected chi connectivity index (χ1v) is 7.22. The summed E-state index contributed by atoms with van der Waals surface area (Å²) >= 11 is 0. The van der Waals surface area contributed by atoms with Crippen LogP contribution in [0.3, 0.4) is 0 Å². The lowest BCUT2D eigenvalue weighted by Gasteiger charge is -2.27. The summed E-state index contributed by atoms with van der Waals surface area (Å²) in [6.07, 6.45) is 3.02. The molecule has 5 heteroatoms. The predicted molar refractivity (Wildman–Crippen MR) is 86.7 cm³/mol. The average molecular weight is 313 g/mol. The van der Waals surface area contributed by atoms with Crippen molar-refractivity contribution in [3.05, 3.63) is 35.4 Å². The molecule has 2 atom stereocenters. The molecule has 1 aliphatic rings. The Morgan fingerprint density at radius 3 is 2.71 bits per heavy atom. The van der Waals surface area contributed by atoms with E-state index < -0.39 is 6.04 Å². The Kier molecular flexibility index (Phi) is 7.15. The third kappa shape index (κ3) is 4.70. The highest BCUT2D eigenvalue weighted by Crippen LogP contribution is 2.22. The van der Waals surface area contributed by atoms with Gasteiger partial charge in [-0.15, -0.1) is 12.4 Å². The number of hydrogen-bond donors (Lipinski definition) is 1. The van der Waals surface area contributed by atoms with Gasteiger partial charge in [-0.1, -0.05) is 29.8 Å². The van der Waals surface area contributed by atoms with Crippen LogP contribution < -0.4 is 5.73 Å². The van der Waals surface area contributed by atoms with Crippen molar-refractivity contribution in [1.82, 2.24) is 4.90 Å². The van der Waals surface area contributed by atoms with E-state index in [0.29, 0.717) is 0 Å². The molecular weight excluding hydrogens is 288 g/mol. The molecule has 0 aromatic heterocycles. The Balaban J connectivity index is 0.00000220. The number of halogens is 1. The molecule has 0 bridgehead atoms. The number of likely N-dealkylation sites (tertiary alicyclic amines) is 1. The number of amides is 1. The van der Waals surface area contributed by atoms with E-state index in [1.807, 2.05) is 4.90 Å². The summed E-state index contributed by atoms with van der Waals surface area (Å²) in [7, 11) is 1.57. The molecule has 118 valence electrons. The lowest BCUT2D eigenvalue weighted by atomic mass is 10.0. The Labute approximate surface area is 133 Å². The first kappa shape index (κ1) is 18.0. The largest absolute Gasteiger partial charge is 0.383 e. The van der Waals surface area contributed by atoms with Gasteiger partial charge in [0.15, 0.2) is 0 Å². The third-order valence-corrected chi connectivity index (χ3v) is 3.92. The second-order valence-electron chi connectivity index (χ2n) is 5.58. The number of carbonyl (C=O) groups is 1. The first-order chi connectivity index (χ1) is 9.61. The molecule has 1 aromatic rings. The van der Waals surface area contributed by atoms with Crippen LogP contribution in [0.15, 0.2) is 24.3 Å². The van der Waals surface area contributed by atoms with E-state index >= 15 is 0 Å². The molecule has 0 saturated carbocycles. The van der Waals surface area contributed by atoms with Crippen LogP contribution in [0.4, 0.5) is 0 Å². The molecule has 1 aliphatic heterocycles. The van der Waals surface area contributed by atoms with Gasteiger partial charge in [-0.2, -0.15) is 0 Å². The summed E-state index contributed by atoms with van der Waals surface area (Å²) in [5, 5.41) is 0. The number of benzene rings is 1. The van der Waals surface area contributed by atoms with Crippen LogP contribution in [-0.4, -0.2) is 43.2 Å². The van der Waals surface area contributed by atoms with E-state index in [0.717, 1.165) is 25.8 Å². The van der Waals surface area contributed by atoms with E-state index in [-0.39, 0.29) is 31.0 Å². The second kappa shape index (κ2) is 8.37. The van der Waals surface area contributed by atoms with Crippen LogP contribution in [-0.2, 0) is 16.0 Å². The molecule has 4 nitrogen and oxygen atoms in total. The second-order valence-corrected chi connectivity index (χ2v) is 5.58. The number of rotatable bonds is 5.